The molecule has 1 amide bonds. The number of thioether (sulfide) groups is 1. The van der Waals surface area contributed by atoms with Crippen molar-refractivity contribution in [3.05, 3.63) is 35.9 Å². The summed E-state index contributed by atoms with van der Waals surface area (Å²) in [5, 5.41) is 0.824. The van der Waals surface area contributed by atoms with Gasteiger partial charge in [-0.05, 0) is 43.1 Å². The van der Waals surface area contributed by atoms with Crippen LogP contribution < -0.4 is 0 Å². The zero-order valence-electron chi connectivity index (χ0n) is 15.9. The van der Waals surface area contributed by atoms with E-state index < -0.39 is 9.84 Å². The third-order valence-corrected chi connectivity index (χ3v) is 10.1. The number of hydrogen-bond donors (Lipinski definition) is 0. The maximum absolute atomic E-state index is 12.6. The van der Waals surface area contributed by atoms with Crippen LogP contribution in [0.4, 0.5) is 0 Å². The molecule has 2 aliphatic carbocycles. The predicted molar refractivity (Wildman–Crippen MR) is 112 cm³/mol. The first-order valence-corrected chi connectivity index (χ1v) is 13.0. The van der Waals surface area contributed by atoms with Gasteiger partial charge in [-0.25, -0.2) is 8.42 Å². The van der Waals surface area contributed by atoms with Gasteiger partial charge >= 0.3 is 0 Å². The smallest absolute Gasteiger partial charge is 0.248 e. The number of amidine groups is 1. The lowest BCUT2D eigenvalue weighted by Gasteiger charge is -2.36. The fourth-order valence-electron chi connectivity index (χ4n) is 5.59. The number of aryl methyl sites for hydroxylation is 1. The summed E-state index contributed by atoms with van der Waals surface area (Å²) < 4.78 is 24.4. The van der Waals surface area contributed by atoms with Crippen LogP contribution in [0.2, 0.25) is 0 Å². The Morgan fingerprint density at radius 3 is 2.64 bits per heavy atom. The van der Waals surface area contributed by atoms with Gasteiger partial charge in [0.15, 0.2) is 15.0 Å². The molecule has 2 bridgehead atoms. The van der Waals surface area contributed by atoms with Crippen LogP contribution in [-0.2, 0) is 21.1 Å². The Labute approximate surface area is 170 Å². The van der Waals surface area contributed by atoms with Crippen LogP contribution in [0, 0.1) is 11.8 Å². The number of amides is 1. The summed E-state index contributed by atoms with van der Waals surface area (Å²) in [6.45, 7) is 0. The minimum absolute atomic E-state index is 0.0000216. The molecule has 5 rings (SSSR count). The number of aliphatic imine (C=N–C) groups is 1. The van der Waals surface area contributed by atoms with Crippen LogP contribution in [0.5, 0.6) is 0 Å². The Morgan fingerprint density at radius 1 is 1.11 bits per heavy atom. The van der Waals surface area contributed by atoms with E-state index in [1.54, 1.807) is 0 Å². The molecule has 5 atom stereocenters. The van der Waals surface area contributed by atoms with Crippen molar-refractivity contribution >= 4 is 32.7 Å². The van der Waals surface area contributed by atoms with Crippen molar-refractivity contribution in [1.29, 1.82) is 0 Å². The molecule has 5 nitrogen and oxygen atoms in total. The summed E-state index contributed by atoms with van der Waals surface area (Å²) in [5.74, 6) is 1.75. The first kappa shape index (κ1) is 18.7. The molecule has 1 aromatic carbocycles. The van der Waals surface area contributed by atoms with Crippen LogP contribution in [0.25, 0.3) is 0 Å². The molecule has 2 saturated carbocycles. The predicted octanol–water partition coefficient (Wildman–Crippen LogP) is 2.90. The molecule has 0 aromatic heterocycles. The molecule has 2 aliphatic heterocycles. The second kappa shape index (κ2) is 7.17. The summed E-state index contributed by atoms with van der Waals surface area (Å²) in [5.41, 5.74) is 1.14. The first-order chi connectivity index (χ1) is 13.5. The summed E-state index contributed by atoms with van der Waals surface area (Å²) >= 11 is 1.53. The Hall–Kier alpha value is -1.34. The third kappa shape index (κ3) is 3.52. The van der Waals surface area contributed by atoms with E-state index in [0.717, 1.165) is 23.1 Å². The highest BCUT2D eigenvalue weighted by Gasteiger charge is 2.54. The highest BCUT2D eigenvalue weighted by Crippen LogP contribution is 2.51. The van der Waals surface area contributed by atoms with Crippen LogP contribution in [0.3, 0.4) is 0 Å². The average Bonchev–Trinajstić information content (AvgIpc) is 3.40. The lowest BCUT2D eigenvalue weighted by Crippen LogP contribution is -2.47. The van der Waals surface area contributed by atoms with E-state index in [2.05, 4.69) is 9.89 Å². The van der Waals surface area contributed by atoms with E-state index in [-0.39, 0.29) is 28.7 Å². The molecule has 0 N–H and O–H groups in total. The molecule has 7 heteroatoms. The Bertz CT molecular complexity index is 899. The Balaban J connectivity index is 1.35. The number of sulfone groups is 1. The number of carbonyl (C=O) groups excluding carboxylic acids is 1. The van der Waals surface area contributed by atoms with E-state index in [1.165, 1.54) is 31.0 Å². The highest BCUT2D eigenvalue weighted by atomic mass is 32.2. The molecule has 0 spiro atoms. The van der Waals surface area contributed by atoms with Crippen LogP contribution in [0.15, 0.2) is 35.3 Å². The molecule has 0 radical (unpaired) electrons. The molecule has 28 heavy (non-hydrogen) atoms. The van der Waals surface area contributed by atoms with Crippen molar-refractivity contribution in [2.45, 2.75) is 55.9 Å². The van der Waals surface area contributed by atoms with Gasteiger partial charge in [-0.1, -0.05) is 48.5 Å². The quantitative estimate of drug-likeness (QED) is 0.752. The van der Waals surface area contributed by atoms with E-state index in [4.69, 9.17) is 0 Å². The second-order valence-corrected chi connectivity index (χ2v) is 12.1. The van der Waals surface area contributed by atoms with Crippen molar-refractivity contribution in [1.82, 2.24) is 4.90 Å². The maximum Gasteiger partial charge on any atom is 0.248 e. The summed E-state index contributed by atoms with van der Waals surface area (Å²) in [4.78, 5) is 19.4. The zero-order valence-corrected chi connectivity index (χ0v) is 17.5. The lowest BCUT2D eigenvalue weighted by molar-refractivity contribution is -0.117. The van der Waals surface area contributed by atoms with Crippen molar-refractivity contribution in [3.8, 4) is 0 Å². The molecule has 2 saturated heterocycles. The fourth-order valence-corrected chi connectivity index (χ4v) is 9.58. The molecule has 4 fully saturated rings. The molecule has 1 aromatic rings. The van der Waals surface area contributed by atoms with Gasteiger partial charge in [0.1, 0.15) is 0 Å². The lowest BCUT2D eigenvalue weighted by atomic mass is 9.93. The topological polar surface area (TPSA) is 66.8 Å². The highest BCUT2D eigenvalue weighted by molar-refractivity contribution is 8.15. The molecule has 150 valence electrons. The molecular formula is C21H26N2O3S2. The molecule has 2 heterocycles. The van der Waals surface area contributed by atoms with Crippen molar-refractivity contribution < 1.29 is 13.2 Å². The number of benzene rings is 1. The van der Waals surface area contributed by atoms with Crippen molar-refractivity contribution in [2.75, 3.05) is 11.5 Å². The standard InChI is InChI=1S/C21H26N2O3S2/c24-20(9-7-14-4-2-1-3-5-14)22-21-23(17-11-15-6-8-16(17)10-15)18-12-28(25,26)13-19(18)27-21/h1-5,15-19H,6-13H2/t15-,16-,17-,18+,19+/m0/s1. The zero-order chi connectivity index (χ0) is 19.3. The van der Waals surface area contributed by atoms with Crippen LogP contribution >= 0.6 is 11.8 Å². The second-order valence-electron chi connectivity index (χ2n) is 8.72. The molecule has 0 unspecified atom stereocenters. The summed E-state index contributed by atoms with van der Waals surface area (Å²) in [6, 6.07) is 10.4. The SMILES string of the molecule is O=C(CCc1ccccc1)N=C1S[C@@H]2CS(=O)(=O)C[C@H]2N1[C@H]1C[C@H]2CC[C@H]1C2. The monoisotopic (exact) mass is 418 g/mol. The molecular weight excluding hydrogens is 392 g/mol. The van der Waals surface area contributed by atoms with E-state index in [1.807, 2.05) is 30.3 Å². The van der Waals surface area contributed by atoms with E-state index >= 15 is 0 Å². The van der Waals surface area contributed by atoms with Crippen molar-refractivity contribution in [2.24, 2.45) is 16.8 Å². The van der Waals surface area contributed by atoms with Gasteiger partial charge in [0.2, 0.25) is 5.91 Å². The Morgan fingerprint density at radius 2 is 1.93 bits per heavy atom. The number of nitrogens with zero attached hydrogens (tertiary/aromatic N) is 2. The minimum atomic E-state index is -2.98. The third-order valence-electron chi connectivity index (χ3n) is 6.86. The van der Waals surface area contributed by atoms with Gasteiger partial charge in [-0.15, -0.1) is 0 Å². The minimum Gasteiger partial charge on any atom is -0.343 e. The van der Waals surface area contributed by atoms with Gasteiger partial charge in [0.05, 0.1) is 17.5 Å². The van der Waals surface area contributed by atoms with Crippen LogP contribution in [0.1, 0.15) is 37.7 Å². The van der Waals surface area contributed by atoms with Gasteiger partial charge in [0, 0.05) is 17.7 Å². The largest absolute Gasteiger partial charge is 0.343 e. The first-order valence-electron chi connectivity index (χ1n) is 10.3. The van der Waals surface area contributed by atoms with Gasteiger partial charge in [-0.2, -0.15) is 4.99 Å². The van der Waals surface area contributed by atoms with Crippen LogP contribution in [-0.4, -0.2) is 53.2 Å². The maximum atomic E-state index is 12.6. The average molecular weight is 419 g/mol. The van der Waals surface area contributed by atoms with E-state index in [9.17, 15) is 13.2 Å². The number of hydrogen-bond acceptors (Lipinski definition) is 4. The van der Waals surface area contributed by atoms with E-state index in [0.29, 0.717) is 24.8 Å². The summed E-state index contributed by atoms with van der Waals surface area (Å²) in [7, 11) is -2.98. The number of rotatable bonds is 4. The van der Waals surface area contributed by atoms with Crippen molar-refractivity contribution in [3.63, 3.8) is 0 Å². The number of fused-ring (bicyclic) bond motifs is 3. The molecule has 4 aliphatic rings. The van der Waals surface area contributed by atoms with Gasteiger partial charge in [-0.3, -0.25) is 4.79 Å². The summed E-state index contributed by atoms with van der Waals surface area (Å²) in [6.07, 6.45) is 6.01. The fraction of sp³-hybridized carbons (Fsp3) is 0.619. The normalized spacial score (nSPS) is 36.9. The Kier molecular flexibility index (Phi) is 4.78. The number of carbonyl (C=O) groups is 1. The van der Waals surface area contributed by atoms with Gasteiger partial charge < -0.3 is 4.90 Å². The van der Waals surface area contributed by atoms with Gasteiger partial charge in [0.25, 0.3) is 0 Å².